The molecule has 0 fully saturated rings. The van der Waals surface area contributed by atoms with Gasteiger partial charge in [0.05, 0.1) is 33.4 Å². The number of hydrogen-bond donors (Lipinski definition) is 0. The summed E-state index contributed by atoms with van der Waals surface area (Å²) < 4.78 is 86.4. The standard InChI is InChI=1S/C137H137BN4/c1-131(2,3)82-89-38-34-50-102(66-89)110-80-124(112(76-106(110)87-136(16,17)18)104-52-36-40-91(68-104)84-133(7,8)9)141-126-78-108(139-120-62-54-98(94-42-26-22-27-43-94)72-114(120)115-73-99(55-63-121(115)139)95-44-28-23-29-45-95)58-60-118(126)138-119-61-59-109(140-122-64-56-100(96-46-30-24-31-47-96)74-116(122)117-75-101(57-65-123(117)140)97-48-32-25-33-49-97)79-127(119)142(129-71-93(86-135(13,14)15)70-128(141)130(129)138)125-81-111(103-51-35-39-90(67-103)83-132(4,5)6)107(88-137(19,20)21)77-113(125)105-53-37-41-92(69-105)85-134(10,11)12/h22-81H,82-88H2,1-21H3/i82D2,83D2,84D2,85D2. The molecule has 708 valence electrons. The number of hydrogen-bond acceptors (Lipinski definition) is 2. The van der Waals surface area contributed by atoms with Gasteiger partial charge in [0.2, 0.25) is 0 Å². The average molecular weight is 1860 g/mol. The molecular weight excluding hydrogens is 1710 g/mol. The highest BCUT2D eigenvalue weighted by Gasteiger charge is 2.46. The Morgan fingerprint density at radius 2 is 0.479 bits per heavy atom. The SMILES string of the molecule is [2H]C([2H])(c1cccc(-c2cc(N3c4cc(-n5c6ccc(-c7ccccc7)cc6c6cc(-c7ccccc7)ccc65)ccc4B4c5ccc(-n6c7ccc(-c8ccccc8)cc7c7cc(-c8ccccc8)ccc76)cc5N(c5cc(-c6cccc(C([2H])([2H])C(C)(C)C)c6)c(CC(C)(C)C)cc5-c5cccc(C([2H])([2H])C(C)(C)C)c5)c5cc(CC(C)(C)C)cc3c54)c(-c3cccc(C([2H])([2H])C(C)(C)C)c3)cc2CC(C)(C)C)c1)C(C)(C)C. The van der Waals surface area contributed by atoms with Gasteiger partial charge in [0.15, 0.2) is 0 Å². The lowest BCUT2D eigenvalue weighted by Gasteiger charge is -2.46. The third kappa shape index (κ3) is 19.3. The largest absolute Gasteiger partial charge is 0.311 e. The van der Waals surface area contributed by atoms with Gasteiger partial charge >= 0.3 is 0 Å². The highest BCUT2D eigenvalue weighted by Crippen LogP contribution is 2.55. The molecule has 0 unspecified atom stereocenters. The van der Waals surface area contributed by atoms with Gasteiger partial charge in [-0.05, 0) is 325 Å². The van der Waals surface area contributed by atoms with Crippen molar-refractivity contribution in [3.63, 3.8) is 0 Å². The van der Waals surface area contributed by atoms with Gasteiger partial charge in [-0.3, -0.25) is 0 Å². The van der Waals surface area contributed by atoms with Gasteiger partial charge in [0.1, 0.15) is 0 Å². The molecule has 0 saturated carbocycles. The molecule has 142 heavy (non-hydrogen) atoms. The first kappa shape index (κ1) is 84.8. The molecule has 19 aromatic rings. The van der Waals surface area contributed by atoms with Crippen LogP contribution in [0, 0.1) is 37.9 Å². The number of nitrogens with zero attached hydrogens (tertiary/aromatic N) is 4. The second-order valence-electron chi connectivity index (χ2n) is 47.8. The summed E-state index contributed by atoms with van der Waals surface area (Å²) in [6.45, 7) is 44.1. The maximum Gasteiger partial charge on any atom is 0.252 e. The fourth-order valence-corrected chi connectivity index (χ4v) is 22.2. The second-order valence-corrected chi connectivity index (χ2v) is 47.8. The van der Waals surface area contributed by atoms with Crippen LogP contribution in [0.25, 0.3) is 144 Å². The zero-order chi connectivity index (χ0) is 106. The highest BCUT2D eigenvalue weighted by molar-refractivity contribution is 7.00. The lowest BCUT2D eigenvalue weighted by atomic mass is 9.33. The first-order valence-corrected chi connectivity index (χ1v) is 51.0. The zero-order valence-corrected chi connectivity index (χ0v) is 86.6. The van der Waals surface area contributed by atoms with E-state index in [0.29, 0.717) is 41.5 Å². The van der Waals surface area contributed by atoms with E-state index >= 15 is 0 Å². The van der Waals surface area contributed by atoms with Crippen LogP contribution in [-0.2, 0) is 44.8 Å². The molecule has 21 rings (SSSR count). The van der Waals surface area contributed by atoms with Crippen molar-refractivity contribution in [3.05, 3.63) is 403 Å². The number of fused-ring (bicyclic) bond motifs is 10. The quantitative estimate of drug-likeness (QED) is 0.0750. The maximum absolute atomic E-state index is 10.3. The molecule has 0 amide bonds. The molecule has 0 aliphatic carbocycles. The van der Waals surface area contributed by atoms with Crippen LogP contribution >= 0.6 is 0 Å². The minimum Gasteiger partial charge on any atom is -0.311 e. The molecule has 0 spiro atoms. The Hall–Kier alpha value is -14.0. The monoisotopic (exact) mass is 1860 g/mol. The van der Waals surface area contributed by atoms with E-state index in [2.05, 4.69) is 397 Å². The molecule has 0 bridgehead atoms. The molecule has 0 atom stereocenters. The van der Waals surface area contributed by atoms with E-state index < -0.39 is 53.9 Å². The molecular formula is C137H137BN4. The van der Waals surface area contributed by atoms with Crippen LogP contribution in [0.2, 0.25) is 0 Å². The van der Waals surface area contributed by atoms with E-state index in [4.69, 9.17) is 0 Å². The molecule has 2 aliphatic rings. The number of anilines is 6. The minimum atomic E-state index is -1.81. The lowest BCUT2D eigenvalue weighted by molar-refractivity contribution is 0.410. The summed E-state index contributed by atoms with van der Waals surface area (Å²) in [4.78, 5) is 5.18. The number of benzene rings is 17. The zero-order valence-electron chi connectivity index (χ0n) is 94.6. The Labute approximate surface area is 856 Å². The van der Waals surface area contributed by atoms with Crippen molar-refractivity contribution >= 4 is 101 Å². The third-order valence-electron chi connectivity index (χ3n) is 27.4. The topological polar surface area (TPSA) is 16.3 Å². The summed E-state index contributed by atoms with van der Waals surface area (Å²) in [5, 5.41) is 4.43. The second kappa shape index (κ2) is 36.2. The average Bonchev–Trinajstić information content (AvgIpc) is 0.729. The fourth-order valence-electron chi connectivity index (χ4n) is 22.2. The normalized spacial score (nSPS) is 14.4. The van der Waals surface area contributed by atoms with E-state index in [1.165, 1.54) is 0 Å². The van der Waals surface area contributed by atoms with E-state index in [-0.39, 0.29) is 16.2 Å². The van der Waals surface area contributed by atoms with Crippen LogP contribution in [-0.4, -0.2) is 15.8 Å². The molecule has 0 N–H and O–H groups in total. The van der Waals surface area contributed by atoms with Crippen LogP contribution in [0.15, 0.2) is 364 Å². The molecule has 4 heterocycles. The molecule has 2 aromatic heterocycles. The molecule has 4 nitrogen and oxygen atoms in total. The molecule has 5 heteroatoms. The van der Waals surface area contributed by atoms with E-state index in [9.17, 15) is 11.0 Å². The van der Waals surface area contributed by atoms with Gasteiger partial charge in [-0.15, -0.1) is 0 Å². The van der Waals surface area contributed by atoms with Crippen LogP contribution in [0.4, 0.5) is 34.1 Å². The highest BCUT2D eigenvalue weighted by atomic mass is 15.2. The summed E-state index contributed by atoms with van der Waals surface area (Å²) in [5.74, 6) is 0. The summed E-state index contributed by atoms with van der Waals surface area (Å²) >= 11 is 0. The van der Waals surface area contributed by atoms with E-state index in [1.54, 1.807) is 0 Å². The predicted molar refractivity (Wildman–Crippen MR) is 615 cm³/mol. The van der Waals surface area contributed by atoms with Crippen LogP contribution < -0.4 is 26.2 Å². The molecule has 0 saturated heterocycles. The first-order valence-electron chi connectivity index (χ1n) is 55.0. The van der Waals surface area contributed by atoms with Gasteiger partial charge in [-0.25, -0.2) is 0 Å². The van der Waals surface area contributed by atoms with Gasteiger partial charge in [0, 0.05) is 77.8 Å². The summed E-state index contributed by atoms with van der Waals surface area (Å²) in [6, 6.07) is 133. The van der Waals surface area contributed by atoms with Gasteiger partial charge in [-0.2, -0.15) is 0 Å². The maximum atomic E-state index is 10.3. The minimum absolute atomic E-state index is 0.286. The molecule has 17 aromatic carbocycles. The number of rotatable bonds is 19. The third-order valence-corrected chi connectivity index (χ3v) is 27.4. The summed E-state index contributed by atoms with van der Waals surface area (Å²) in [5.41, 5.74) is 31.9. The summed E-state index contributed by atoms with van der Waals surface area (Å²) in [7, 11) is 0. The molecule has 2 aliphatic heterocycles. The summed E-state index contributed by atoms with van der Waals surface area (Å²) in [6.07, 6.45) is -5.27. The Balaban J connectivity index is 0.954. The number of aromatic nitrogens is 2. The smallest absolute Gasteiger partial charge is 0.252 e. The van der Waals surface area contributed by atoms with Crippen LogP contribution in [0.3, 0.4) is 0 Å². The van der Waals surface area contributed by atoms with Crippen molar-refractivity contribution in [2.45, 2.75) is 190 Å². The van der Waals surface area contributed by atoms with Gasteiger partial charge < -0.3 is 18.9 Å². The van der Waals surface area contributed by atoms with Crippen molar-refractivity contribution in [1.29, 1.82) is 0 Å². The Morgan fingerprint density at radius 3 is 0.754 bits per heavy atom. The van der Waals surface area contributed by atoms with Crippen molar-refractivity contribution < 1.29 is 11.0 Å². The Morgan fingerprint density at radius 1 is 0.204 bits per heavy atom. The van der Waals surface area contributed by atoms with E-state index in [1.807, 2.05) is 132 Å². The van der Waals surface area contributed by atoms with Gasteiger partial charge in [0.25, 0.3) is 6.71 Å². The Bertz CT molecular complexity index is 7830. The molecule has 0 radical (unpaired) electrons. The van der Waals surface area contributed by atoms with Gasteiger partial charge in [-0.1, -0.05) is 400 Å². The Kier molecular flexibility index (Phi) is 21.6. The van der Waals surface area contributed by atoms with E-state index in [0.717, 1.165) is 211 Å². The fraction of sp³-hybridized carbons (Fsp3) is 0.255. The van der Waals surface area contributed by atoms with Crippen molar-refractivity contribution in [2.75, 3.05) is 9.80 Å². The van der Waals surface area contributed by atoms with Crippen LogP contribution in [0.1, 0.15) is 195 Å². The van der Waals surface area contributed by atoms with Crippen molar-refractivity contribution in [2.24, 2.45) is 37.9 Å². The van der Waals surface area contributed by atoms with Crippen molar-refractivity contribution in [1.82, 2.24) is 9.13 Å². The predicted octanol–water partition coefficient (Wildman–Crippen LogP) is 36.4. The van der Waals surface area contributed by atoms with Crippen molar-refractivity contribution in [3.8, 4) is 100 Å². The first-order chi connectivity index (χ1) is 70.8. The van der Waals surface area contributed by atoms with Crippen LogP contribution in [0.5, 0.6) is 0 Å². The lowest BCUT2D eigenvalue weighted by Crippen LogP contribution is -2.61.